The van der Waals surface area contributed by atoms with Crippen LogP contribution in [-0.4, -0.2) is 16.0 Å². The fourth-order valence-electron chi connectivity index (χ4n) is 3.83. The molecule has 0 saturated heterocycles. The normalized spacial score (nSPS) is 18.3. The van der Waals surface area contributed by atoms with E-state index in [1.54, 1.807) is 18.2 Å². The van der Waals surface area contributed by atoms with Gasteiger partial charge in [-0.15, -0.1) is 23.2 Å². The minimum absolute atomic E-state index is 0.0103. The second-order valence-corrected chi connectivity index (χ2v) is 11.6. The Balaban J connectivity index is 1.52. The lowest BCUT2D eigenvalue weighted by atomic mass is 10.0. The van der Waals surface area contributed by atoms with Crippen molar-refractivity contribution in [3.05, 3.63) is 96.4 Å². The van der Waals surface area contributed by atoms with Gasteiger partial charge in [0.15, 0.2) is 5.78 Å². The van der Waals surface area contributed by atoms with Crippen molar-refractivity contribution in [2.75, 3.05) is 5.32 Å². The number of hydrogen-bond donors (Lipinski definition) is 1. The van der Waals surface area contributed by atoms with Crippen molar-refractivity contribution < 1.29 is 18.4 Å². The summed E-state index contributed by atoms with van der Waals surface area (Å²) < 4.78 is 26.3. The summed E-state index contributed by atoms with van der Waals surface area (Å²) in [7, 11) is 0. The minimum Gasteiger partial charge on any atom is -0.326 e. The molecule has 1 aliphatic carbocycles. The van der Waals surface area contributed by atoms with Crippen molar-refractivity contribution in [1.82, 2.24) is 0 Å². The second kappa shape index (κ2) is 10.2. The van der Waals surface area contributed by atoms with Crippen molar-refractivity contribution in [1.29, 1.82) is 0 Å². The number of halogens is 8. The lowest BCUT2D eigenvalue weighted by Gasteiger charge is -2.10. The van der Waals surface area contributed by atoms with Crippen molar-refractivity contribution >= 4 is 91.3 Å². The molecule has 3 nitrogen and oxygen atoms in total. The molecule has 1 N–H and O–H groups in total. The second-order valence-electron chi connectivity index (χ2n) is 7.97. The summed E-state index contributed by atoms with van der Waals surface area (Å²) in [6, 6.07) is 11.0. The summed E-state index contributed by atoms with van der Waals surface area (Å²) in [4.78, 5) is 25.8. The summed E-state index contributed by atoms with van der Waals surface area (Å²) in [6.07, 6.45) is -0.367. The summed E-state index contributed by atoms with van der Waals surface area (Å²) in [6.45, 7) is 0. The molecule has 11 heteroatoms. The fraction of sp³-hybridized carbons (Fsp3) is 0.167. The van der Waals surface area contributed by atoms with Crippen molar-refractivity contribution in [2.24, 2.45) is 5.92 Å². The van der Waals surface area contributed by atoms with E-state index in [0.717, 1.165) is 0 Å². The first-order valence-electron chi connectivity index (χ1n) is 9.99. The Bertz CT molecular complexity index is 1350. The number of alkyl halides is 2. The van der Waals surface area contributed by atoms with Gasteiger partial charge in [0.2, 0.25) is 5.91 Å². The Morgan fingerprint density at radius 2 is 1.60 bits per heavy atom. The summed E-state index contributed by atoms with van der Waals surface area (Å²) >= 11 is 34.0. The van der Waals surface area contributed by atoms with E-state index in [-0.39, 0.29) is 32.7 Å². The number of rotatable bonds is 6. The molecule has 0 aromatic heterocycles. The highest BCUT2D eigenvalue weighted by Gasteiger charge is 2.67. The van der Waals surface area contributed by atoms with Crippen LogP contribution in [0.2, 0.25) is 15.1 Å². The molecule has 3 aromatic carbocycles. The molecule has 182 valence electrons. The Morgan fingerprint density at radius 1 is 0.943 bits per heavy atom. The molecule has 2 atom stereocenters. The molecule has 0 bridgehead atoms. The highest BCUT2D eigenvalue weighted by atomic mass is 79.9. The van der Waals surface area contributed by atoms with Crippen LogP contribution < -0.4 is 5.32 Å². The first-order valence-corrected chi connectivity index (χ1v) is 12.7. The quantitative estimate of drug-likeness (QED) is 0.166. The average Bonchev–Trinajstić information content (AvgIpc) is 3.34. The van der Waals surface area contributed by atoms with Crippen molar-refractivity contribution in [3.8, 4) is 0 Å². The van der Waals surface area contributed by atoms with E-state index in [1.165, 1.54) is 24.3 Å². The number of anilines is 1. The van der Waals surface area contributed by atoms with Gasteiger partial charge in [0.25, 0.3) is 0 Å². The largest absolute Gasteiger partial charge is 0.326 e. The lowest BCUT2D eigenvalue weighted by Crippen LogP contribution is -2.17. The van der Waals surface area contributed by atoms with Gasteiger partial charge in [-0.05, 0) is 69.5 Å². The van der Waals surface area contributed by atoms with Gasteiger partial charge >= 0.3 is 0 Å². The van der Waals surface area contributed by atoms with Crippen LogP contribution in [0.25, 0.3) is 0 Å². The molecule has 1 saturated carbocycles. The third-order valence-electron chi connectivity index (χ3n) is 5.55. The van der Waals surface area contributed by atoms with E-state index in [2.05, 4.69) is 21.2 Å². The summed E-state index contributed by atoms with van der Waals surface area (Å²) in [5, 5.41) is 3.56. The highest BCUT2D eigenvalue weighted by molar-refractivity contribution is 9.10. The number of hydrogen-bond acceptors (Lipinski definition) is 2. The summed E-state index contributed by atoms with van der Waals surface area (Å²) in [5.74, 6) is -4.00. The molecule has 1 aliphatic rings. The van der Waals surface area contributed by atoms with Crippen LogP contribution in [0.3, 0.4) is 0 Å². The molecule has 0 radical (unpaired) electrons. The molecule has 3 aromatic rings. The van der Waals surface area contributed by atoms with Gasteiger partial charge in [-0.25, -0.2) is 8.78 Å². The van der Waals surface area contributed by atoms with E-state index in [1.807, 2.05) is 0 Å². The van der Waals surface area contributed by atoms with Gasteiger partial charge in [-0.2, -0.15) is 0 Å². The van der Waals surface area contributed by atoms with Crippen LogP contribution >= 0.6 is 73.9 Å². The zero-order chi connectivity index (χ0) is 25.7. The fourth-order valence-corrected chi connectivity index (χ4v) is 5.81. The van der Waals surface area contributed by atoms with Gasteiger partial charge in [-0.1, -0.05) is 34.8 Å². The van der Waals surface area contributed by atoms with Gasteiger partial charge in [0, 0.05) is 39.7 Å². The van der Waals surface area contributed by atoms with Crippen molar-refractivity contribution in [3.63, 3.8) is 0 Å². The van der Waals surface area contributed by atoms with E-state index in [4.69, 9.17) is 58.0 Å². The maximum atomic E-state index is 14.1. The predicted molar refractivity (Wildman–Crippen MR) is 139 cm³/mol. The number of Topliss-reactive ketones (excluding diaryl/α,β-unsaturated/α-hetero) is 1. The predicted octanol–water partition coefficient (Wildman–Crippen LogP) is 8.64. The van der Waals surface area contributed by atoms with Crippen molar-refractivity contribution in [2.45, 2.75) is 16.7 Å². The number of carbonyl (C=O) groups is 2. The number of benzene rings is 3. The Kier molecular flexibility index (Phi) is 7.73. The summed E-state index contributed by atoms with van der Waals surface area (Å²) in [5.41, 5.74) is 0.930. The number of ketones is 1. The first kappa shape index (κ1) is 26.6. The Hall–Kier alpha value is -1.41. The van der Waals surface area contributed by atoms with E-state index >= 15 is 0 Å². The molecule has 4 rings (SSSR count). The van der Waals surface area contributed by atoms with E-state index < -0.39 is 39.5 Å². The smallest absolute Gasteiger partial charge is 0.231 e. The topological polar surface area (TPSA) is 46.2 Å². The first-order chi connectivity index (χ1) is 16.4. The molecule has 35 heavy (non-hydrogen) atoms. The van der Waals surface area contributed by atoms with Gasteiger partial charge in [0.1, 0.15) is 16.0 Å². The van der Waals surface area contributed by atoms with Crippen LogP contribution in [0.1, 0.15) is 27.4 Å². The average molecular weight is 643 g/mol. The van der Waals surface area contributed by atoms with Crippen LogP contribution in [0.4, 0.5) is 14.5 Å². The third-order valence-corrected chi connectivity index (χ3v) is 7.87. The van der Waals surface area contributed by atoms with E-state index in [0.29, 0.717) is 21.7 Å². The van der Waals surface area contributed by atoms with Crippen LogP contribution in [0.5, 0.6) is 0 Å². The molecular formula is C24H13BrCl5F2NO2. The molecule has 0 spiro atoms. The minimum atomic E-state index is -1.38. The van der Waals surface area contributed by atoms with Crippen LogP contribution in [-0.2, 0) is 11.2 Å². The van der Waals surface area contributed by atoms with Crippen LogP contribution in [0, 0.1) is 17.6 Å². The van der Waals surface area contributed by atoms with Gasteiger partial charge < -0.3 is 5.32 Å². The molecule has 0 heterocycles. The number of amides is 1. The SMILES string of the molecule is O=C(Cc1cc(Br)c(F)cc1F)c1cc(NC(=O)C2C(c3cc(Cl)cc(Cl)c3)C2(Cl)Cl)ccc1Cl. The van der Waals surface area contributed by atoms with Gasteiger partial charge in [-0.3, -0.25) is 9.59 Å². The third kappa shape index (κ3) is 5.63. The molecular weight excluding hydrogens is 629 g/mol. The number of nitrogens with one attached hydrogen (secondary N) is 1. The maximum absolute atomic E-state index is 14.1. The lowest BCUT2D eigenvalue weighted by molar-refractivity contribution is -0.117. The molecule has 1 amide bonds. The highest BCUT2D eigenvalue weighted by Crippen LogP contribution is 2.65. The molecule has 1 fully saturated rings. The Labute approximate surface area is 232 Å². The van der Waals surface area contributed by atoms with E-state index in [9.17, 15) is 18.4 Å². The molecule has 2 unspecified atom stereocenters. The zero-order valence-corrected chi connectivity index (χ0v) is 22.7. The number of carbonyl (C=O) groups excluding carboxylic acids is 2. The zero-order valence-electron chi connectivity index (χ0n) is 17.3. The Morgan fingerprint density at radius 3 is 2.26 bits per heavy atom. The maximum Gasteiger partial charge on any atom is 0.231 e. The van der Waals surface area contributed by atoms with Gasteiger partial charge in [0.05, 0.1) is 15.4 Å². The van der Waals surface area contributed by atoms with Crippen LogP contribution in [0.15, 0.2) is 53.0 Å². The monoisotopic (exact) mass is 639 g/mol. The molecule has 0 aliphatic heterocycles. The standard InChI is InChI=1S/C24H13BrCl5F2NO2/c25-16-5-10(18(31)9-19(16)32)6-20(34)15-8-14(1-2-17(15)28)33-23(35)22-21(24(22,29)30)11-3-12(26)7-13(27)4-11/h1-5,7-9,21-22H,6H2,(H,33,35).